The Labute approximate surface area is 189 Å². The Morgan fingerprint density at radius 1 is 1.03 bits per heavy atom. The molecule has 2 aliphatic carbocycles. The second-order valence-electron chi connectivity index (χ2n) is 8.51. The van der Waals surface area contributed by atoms with Crippen molar-refractivity contribution in [3.63, 3.8) is 0 Å². The molecule has 0 spiro atoms. The quantitative estimate of drug-likeness (QED) is 0.589. The maximum atomic E-state index is 12.3. The summed E-state index contributed by atoms with van der Waals surface area (Å²) in [7, 11) is 3.19. The standard InChI is InChI=1S/C26H31NO5/c1-4-6-24(29)27-21(16-9-10-16)15-32-25-20(12-14-23(30-2)26(25)31-3)17-7-5-8-19-18(17)11-13-22(19)28/h5,7-8,12,14,16,21H,4,6,9-11,13,15H2,1-3H3,(H,27,29). The lowest BCUT2D eigenvalue weighted by Crippen LogP contribution is -2.40. The molecule has 6 nitrogen and oxygen atoms in total. The number of nitrogens with one attached hydrogen (secondary N) is 1. The van der Waals surface area contributed by atoms with Gasteiger partial charge in [0.05, 0.1) is 20.3 Å². The summed E-state index contributed by atoms with van der Waals surface area (Å²) in [6.07, 6.45) is 4.77. The van der Waals surface area contributed by atoms with Crippen LogP contribution in [0.4, 0.5) is 0 Å². The molecule has 1 saturated carbocycles. The van der Waals surface area contributed by atoms with Crippen LogP contribution in [0.5, 0.6) is 17.2 Å². The second kappa shape index (κ2) is 9.63. The van der Waals surface area contributed by atoms with Crippen LogP contribution in [0.1, 0.15) is 54.9 Å². The van der Waals surface area contributed by atoms with E-state index in [4.69, 9.17) is 14.2 Å². The molecule has 0 heterocycles. The molecule has 2 aliphatic rings. The third-order valence-electron chi connectivity index (χ3n) is 6.29. The minimum absolute atomic E-state index is 0.0409. The summed E-state index contributed by atoms with van der Waals surface area (Å²) in [6, 6.07) is 9.60. The zero-order chi connectivity index (χ0) is 22.7. The van der Waals surface area contributed by atoms with E-state index >= 15 is 0 Å². The SMILES string of the molecule is CCCC(=O)NC(COc1c(-c2cccc3c2CCC3=O)ccc(OC)c1OC)C1CC1. The van der Waals surface area contributed by atoms with Gasteiger partial charge in [-0.25, -0.2) is 0 Å². The van der Waals surface area contributed by atoms with E-state index in [9.17, 15) is 9.59 Å². The van der Waals surface area contributed by atoms with Crippen molar-refractivity contribution in [2.75, 3.05) is 20.8 Å². The number of carbonyl (C=O) groups is 2. The summed E-state index contributed by atoms with van der Waals surface area (Å²) < 4.78 is 17.6. The van der Waals surface area contributed by atoms with Crippen molar-refractivity contribution >= 4 is 11.7 Å². The van der Waals surface area contributed by atoms with Gasteiger partial charge in [-0.15, -0.1) is 0 Å². The van der Waals surface area contributed by atoms with Crippen molar-refractivity contribution in [2.24, 2.45) is 5.92 Å². The van der Waals surface area contributed by atoms with E-state index in [1.165, 1.54) is 0 Å². The van der Waals surface area contributed by atoms with Crippen LogP contribution in [0.2, 0.25) is 0 Å². The lowest BCUT2D eigenvalue weighted by molar-refractivity contribution is -0.122. The van der Waals surface area contributed by atoms with Crippen molar-refractivity contribution < 1.29 is 23.8 Å². The summed E-state index contributed by atoms with van der Waals surface area (Å²) in [4.78, 5) is 24.5. The van der Waals surface area contributed by atoms with E-state index in [0.29, 0.717) is 42.6 Å². The molecule has 0 bridgehead atoms. The molecule has 2 aromatic rings. The smallest absolute Gasteiger partial charge is 0.220 e. The zero-order valence-corrected chi connectivity index (χ0v) is 19.0. The molecule has 6 heteroatoms. The summed E-state index contributed by atoms with van der Waals surface area (Å²) in [5.41, 5.74) is 3.67. The number of benzene rings is 2. The molecule has 170 valence electrons. The molecule has 1 atom stereocenters. The van der Waals surface area contributed by atoms with Gasteiger partial charge in [-0.05, 0) is 54.9 Å². The molecule has 0 saturated heterocycles. The predicted octanol–water partition coefficient (Wildman–Crippen LogP) is 4.57. The summed E-state index contributed by atoms with van der Waals surface area (Å²) >= 11 is 0. The monoisotopic (exact) mass is 437 g/mol. The molecule has 32 heavy (non-hydrogen) atoms. The Kier molecular flexibility index (Phi) is 6.68. The van der Waals surface area contributed by atoms with Crippen LogP contribution in [0.25, 0.3) is 11.1 Å². The molecule has 1 unspecified atom stereocenters. The molecule has 1 N–H and O–H groups in total. The Hall–Kier alpha value is -3.02. The minimum Gasteiger partial charge on any atom is -0.493 e. The van der Waals surface area contributed by atoms with Crippen LogP contribution in [0.15, 0.2) is 30.3 Å². The molecule has 1 fully saturated rings. The first-order valence-corrected chi connectivity index (χ1v) is 11.4. The highest BCUT2D eigenvalue weighted by molar-refractivity contribution is 6.02. The van der Waals surface area contributed by atoms with E-state index in [2.05, 4.69) is 5.32 Å². The Morgan fingerprint density at radius 2 is 1.81 bits per heavy atom. The van der Waals surface area contributed by atoms with Gasteiger partial charge in [0, 0.05) is 24.0 Å². The van der Waals surface area contributed by atoms with Crippen LogP contribution < -0.4 is 19.5 Å². The fraction of sp³-hybridized carbons (Fsp3) is 0.462. The van der Waals surface area contributed by atoms with Crippen molar-refractivity contribution in [1.82, 2.24) is 5.32 Å². The Balaban J connectivity index is 1.69. The summed E-state index contributed by atoms with van der Waals surface area (Å²) in [5, 5.41) is 3.14. The number of rotatable bonds is 10. The van der Waals surface area contributed by atoms with E-state index in [1.807, 2.05) is 37.3 Å². The third-order valence-corrected chi connectivity index (χ3v) is 6.29. The average molecular weight is 438 g/mol. The average Bonchev–Trinajstić information content (AvgIpc) is 3.58. The van der Waals surface area contributed by atoms with E-state index in [0.717, 1.165) is 47.9 Å². The van der Waals surface area contributed by atoms with Gasteiger partial charge in [0.25, 0.3) is 0 Å². The summed E-state index contributed by atoms with van der Waals surface area (Å²) in [6.45, 7) is 2.35. The second-order valence-corrected chi connectivity index (χ2v) is 8.51. The normalized spacial score (nSPS) is 15.8. The number of ketones is 1. The highest BCUT2D eigenvalue weighted by atomic mass is 16.5. The zero-order valence-electron chi connectivity index (χ0n) is 19.0. The number of ether oxygens (including phenoxy) is 3. The van der Waals surface area contributed by atoms with Crippen LogP contribution >= 0.6 is 0 Å². The maximum absolute atomic E-state index is 12.3. The summed E-state index contributed by atoms with van der Waals surface area (Å²) in [5.74, 6) is 2.35. The van der Waals surface area contributed by atoms with Gasteiger partial charge in [0.15, 0.2) is 17.3 Å². The molecule has 0 aromatic heterocycles. The van der Waals surface area contributed by atoms with Crippen molar-refractivity contribution in [3.8, 4) is 28.4 Å². The lowest BCUT2D eigenvalue weighted by atomic mass is 9.95. The molecular formula is C26H31NO5. The first-order chi connectivity index (χ1) is 15.6. The minimum atomic E-state index is -0.0409. The first kappa shape index (κ1) is 22.2. The largest absolute Gasteiger partial charge is 0.493 e. The van der Waals surface area contributed by atoms with Crippen LogP contribution in [-0.2, 0) is 11.2 Å². The van der Waals surface area contributed by atoms with Gasteiger partial charge in [0.1, 0.15) is 6.61 Å². The number of amides is 1. The van der Waals surface area contributed by atoms with Crippen LogP contribution in [0, 0.1) is 5.92 Å². The van der Waals surface area contributed by atoms with Crippen molar-refractivity contribution in [1.29, 1.82) is 0 Å². The number of fused-ring (bicyclic) bond motifs is 1. The fourth-order valence-corrected chi connectivity index (χ4v) is 4.47. The Morgan fingerprint density at radius 3 is 2.50 bits per heavy atom. The van der Waals surface area contributed by atoms with Crippen LogP contribution in [-0.4, -0.2) is 38.6 Å². The lowest BCUT2D eigenvalue weighted by Gasteiger charge is -2.23. The molecule has 2 aromatic carbocycles. The van der Waals surface area contributed by atoms with E-state index in [-0.39, 0.29) is 17.7 Å². The van der Waals surface area contributed by atoms with E-state index in [1.54, 1.807) is 14.2 Å². The van der Waals surface area contributed by atoms with Gasteiger partial charge in [-0.2, -0.15) is 0 Å². The first-order valence-electron chi connectivity index (χ1n) is 11.4. The van der Waals surface area contributed by atoms with Gasteiger partial charge >= 0.3 is 0 Å². The number of methoxy groups -OCH3 is 2. The molecule has 4 rings (SSSR count). The number of hydrogen-bond donors (Lipinski definition) is 1. The number of hydrogen-bond acceptors (Lipinski definition) is 5. The molecule has 1 amide bonds. The molecular weight excluding hydrogens is 406 g/mol. The molecule has 0 aliphatic heterocycles. The van der Waals surface area contributed by atoms with E-state index < -0.39 is 0 Å². The number of carbonyl (C=O) groups excluding carboxylic acids is 2. The van der Waals surface area contributed by atoms with Crippen molar-refractivity contribution in [3.05, 3.63) is 41.5 Å². The van der Waals surface area contributed by atoms with Gasteiger partial charge < -0.3 is 19.5 Å². The fourth-order valence-electron chi connectivity index (χ4n) is 4.47. The molecule has 0 radical (unpaired) electrons. The van der Waals surface area contributed by atoms with Gasteiger partial charge in [-0.1, -0.05) is 25.1 Å². The Bertz CT molecular complexity index is 1010. The third kappa shape index (κ3) is 4.45. The van der Waals surface area contributed by atoms with Crippen molar-refractivity contribution in [2.45, 2.75) is 51.5 Å². The van der Waals surface area contributed by atoms with Gasteiger partial charge in [-0.3, -0.25) is 9.59 Å². The number of Topliss-reactive ketones (excluding diaryl/α,β-unsaturated/α-hetero) is 1. The maximum Gasteiger partial charge on any atom is 0.220 e. The topological polar surface area (TPSA) is 73.9 Å². The highest BCUT2D eigenvalue weighted by Gasteiger charge is 2.33. The van der Waals surface area contributed by atoms with Crippen LogP contribution in [0.3, 0.4) is 0 Å². The predicted molar refractivity (Wildman–Crippen MR) is 123 cm³/mol. The highest BCUT2D eigenvalue weighted by Crippen LogP contribution is 2.47. The van der Waals surface area contributed by atoms with Gasteiger partial charge in [0.2, 0.25) is 11.7 Å².